The van der Waals surface area contributed by atoms with E-state index in [0.29, 0.717) is 17.0 Å². The predicted molar refractivity (Wildman–Crippen MR) is 90.6 cm³/mol. The van der Waals surface area contributed by atoms with Crippen LogP contribution in [0.1, 0.15) is 16.1 Å². The fraction of sp³-hybridized carbons (Fsp3) is 0.167. The SMILES string of the molecule is O=C(CO)c1ccc2c(c1)N(Cc1[nH]nc3ccccc13)C(=O)CO2. The van der Waals surface area contributed by atoms with Gasteiger partial charge in [-0.25, -0.2) is 0 Å². The zero-order valence-corrected chi connectivity index (χ0v) is 13.2. The van der Waals surface area contributed by atoms with E-state index in [1.54, 1.807) is 23.1 Å². The minimum Gasteiger partial charge on any atom is -0.482 e. The van der Waals surface area contributed by atoms with Gasteiger partial charge >= 0.3 is 0 Å². The summed E-state index contributed by atoms with van der Waals surface area (Å²) in [6.45, 7) is -0.363. The van der Waals surface area contributed by atoms with Crippen LogP contribution >= 0.6 is 0 Å². The molecule has 2 heterocycles. The summed E-state index contributed by atoms with van der Waals surface area (Å²) in [5, 5.41) is 17.2. The summed E-state index contributed by atoms with van der Waals surface area (Å²) in [5.74, 6) is -0.0922. The van der Waals surface area contributed by atoms with Crippen LogP contribution in [0.2, 0.25) is 0 Å². The first-order valence-electron chi connectivity index (χ1n) is 7.80. The van der Waals surface area contributed by atoms with Gasteiger partial charge in [0.2, 0.25) is 0 Å². The highest BCUT2D eigenvalue weighted by atomic mass is 16.5. The van der Waals surface area contributed by atoms with Crippen molar-refractivity contribution >= 4 is 28.3 Å². The van der Waals surface area contributed by atoms with Crippen molar-refractivity contribution in [1.29, 1.82) is 0 Å². The molecule has 1 aliphatic heterocycles. The molecular weight excluding hydrogens is 322 g/mol. The van der Waals surface area contributed by atoms with Crippen molar-refractivity contribution in [2.75, 3.05) is 18.1 Å². The van der Waals surface area contributed by atoms with Gasteiger partial charge in [-0.15, -0.1) is 0 Å². The fourth-order valence-corrected chi connectivity index (χ4v) is 2.93. The normalized spacial score (nSPS) is 13.6. The van der Waals surface area contributed by atoms with Crippen LogP contribution in [-0.4, -0.2) is 40.2 Å². The van der Waals surface area contributed by atoms with E-state index in [0.717, 1.165) is 16.6 Å². The predicted octanol–water partition coefficient (Wildman–Crippen LogP) is 1.66. The van der Waals surface area contributed by atoms with Crippen LogP contribution in [0.15, 0.2) is 42.5 Å². The van der Waals surface area contributed by atoms with Crippen LogP contribution in [0, 0.1) is 0 Å². The first-order valence-corrected chi connectivity index (χ1v) is 7.80. The lowest BCUT2D eigenvalue weighted by Gasteiger charge is -2.29. The van der Waals surface area contributed by atoms with Crippen LogP contribution in [0.4, 0.5) is 5.69 Å². The molecule has 0 saturated carbocycles. The van der Waals surface area contributed by atoms with E-state index in [-0.39, 0.29) is 19.1 Å². The first kappa shape index (κ1) is 15.3. The summed E-state index contributed by atoms with van der Waals surface area (Å²) >= 11 is 0. The van der Waals surface area contributed by atoms with Crippen molar-refractivity contribution < 1.29 is 19.4 Å². The van der Waals surface area contributed by atoms with Gasteiger partial charge in [-0.3, -0.25) is 19.6 Å². The Kier molecular flexibility index (Phi) is 3.70. The number of H-pyrrole nitrogens is 1. The number of aromatic nitrogens is 2. The Morgan fingerprint density at radius 3 is 2.96 bits per heavy atom. The number of nitrogens with one attached hydrogen (secondary N) is 1. The number of rotatable bonds is 4. The highest BCUT2D eigenvalue weighted by Gasteiger charge is 2.27. The average molecular weight is 337 g/mol. The van der Waals surface area contributed by atoms with E-state index in [1.165, 1.54) is 0 Å². The standard InChI is InChI=1S/C18H15N3O4/c22-9-16(23)11-5-6-17-15(7-11)21(18(24)10-25-17)8-14-12-3-1-2-4-13(12)19-20-14/h1-7,22H,8-10H2,(H,19,20). The van der Waals surface area contributed by atoms with E-state index < -0.39 is 12.4 Å². The monoisotopic (exact) mass is 337 g/mol. The van der Waals surface area contributed by atoms with E-state index in [9.17, 15) is 9.59 Å². The number of aliphatic hydroxyl groups excluding tert-OH is 1. The molecule has 0 aliphatic carbocycles. The smallest absolute Gasteiger partial charge is 0.265 e. The number of hydrogen-bond donors (Lipinski definition) is 2. The zero-order valence-electron chi connectivity index (χ0n) is 13.2. The molecule has 0 atom stereocenters. The maximum absolute atomic E-state index is 12.4. The third-order valence-corrected chi connectivity index (χ3v) is 4.22. The topological polar surface area (TPSA) is 95.5 Å². The van der Waals surface area contributed by atoms with Crippen LogP contribution < -0.4 is 9.64 Å². The number of para-hydroxylation sites is 1. The number of nitrogens with zero attached hydrogens (tertiary/aromatic N) is 2. The number of ketones is 1. The summed E-state index contributed by atoms with van der Waals surface area (Å²) in [4.78, 5) is 25.7. The van der Waals surface area contributed by atoms with Gasteiger partial charge in [0, 0.05) is 10.9 Å². The van der Waals surface area contributed by atoms with Gasteiger partial charge in [0.25, 0.3) is 5.91 Å². The second kappa shape index (κ2) is 6.03. The maximum Gasteiger partial charge on any atom is 0.265 e. The molecule has 4 rings (SSSR count). The molecule has 1 amide bonds. The minimum atomic E-state index is -0.585. The maximum atomic E-state index is 12.4. The molecule has 2 N–H and O–H groups in total. The largest absolute Gasteiger partial charge is 0.482 e. The second-order valence-electron chi connectivity index (χ2n) is 5.75. The fourth-order valence-electron chi connectivity index (χ4n) is 2.93. The number of hydrogen-bond acceptors (Lipinski definition) is 5. The first-order chi connectivity index (χ1) is 12.2. The number of aromatic amines is 1. The van der Waals surface area contributed by atoms with Crippen LogP contribution in [-0.2, 0) is 11.3 Å². The Balaban J connectivity index is 1.75. The lowest BCUT2D eigenvalue weighted by atomic mass is 10.1. The quantitative estimate of drug-likeness (QED) is 0.706. The van der Waals surface area contributed by atoms with E-state index >= 15 is 0 Å². The van der Waals surface area contributed by atoms with Gasteiger partial charge in [-0.2, -0.15) is 5.10 Å². The lowest BCUT2D eigenvalue weighted by molar-refractivity contribution is -0.121. The Hall–Kier alpha value is -3.19. The lowest BCUT2D eigenvalue weighted by Crippen LogP contribution is -2.38. The highest BCUT2D eigenvalue weighted by Crippen LogP contribution is 2.34. The van der Waals surface area contributed by atoms with Crippen LogP contribution in [0.25, 0.3) is 10.9 Å². The van der Waals surface area contributed by atoms with Gasteiger partial charge in [0.1, 0.15) is 12.4 Å². The number of ether oxygens (including phenoxy) is 1. The van der Waals surface area contributed by atoms with Gasteiger partial charge in [0.05, 0.1) is 23.4 Å². The molecule has 1 aromatic heterocycles. The molecule has 0 unspecified atom stereocenters. The molecule has 126 valence electrons. The van der Waals surface area contributed by atoms with Gasteiger partial charge in [-0.05, 0) is 24.3 Å². The molecule has 0 saturated heterocycles. The Labute approximate surface area is 142 Å². The number of carbonyl (C=O) groups excluding carboxylic acids is 2. The summed E-state index contributed by atoms with van der Waals surface area (Å²) in [6.07, 6.45) is 0. The average Bonchev–Trinajstić information content (AvgIpc) is 3.06. The third kappa shape index (κ3) is 2.64. The summed E-state index contributed by atoms with van der Waals surface area (Å²) in [6, 6.07) is 12.4. The zero-order chi connectivity index (χ0) is 17.4. The molecular formula is C18H15N3O4. The van der Waals surface area contributed by atoms with Crippen molar-refractivity contribution in [3.8, 4) is 5.75 Å². The van der Waals surface area contributed by atoms with Crippen molar-refractivity contribution in [3.05, 3.63) is 53.7 Å². The number of fused-ring (bicyclic) bond motifs is 2. The number of carbonyl (C=O) groups is 2. The van der Waals surface area contributed by atoms with E-state index in [1.807, 2.05) is 24.3 Å². The molecule has 1 aliphatic rings. The number of amides is 1. The third-order valence-electron chi connectivity index (χ3n) is 4.22. The molecule has 3 aromatic rings. The summed E-state index contributed by atoms with van der Waals surface area (Å²) < 4.78 is 5.45. The van der Waals surface area contributed by atoms with Crippen molar-refractivity contribution in [3.63, 3.8) is 0 Å². The number of Topliss-reactive ketones (excluding diaryl/α,β-unsaturated/α-hetero) is 1. The number of anilines is 1. The molecule has 7 nitrogen and oxygen atoms in total. The molecule has 0 fully saturated rings. The van der Waals surface area contributed by atoms with Gasteiger partial charge in [-0.1, -0.05) is 18.2 Å². The Morgan fingerprint density at radius 2 is 2.12 bits per heavy atom. The molecule has 0 spiro atoms. The van der Waals surface area contributed by atoms with Gasteiger partial charge in [0.15, 0.2) is 12.4 Å². The van der Waals surface area contributed by atoms with Crippen molar-refractivity contribution in [2.24, 2.45) is 0 Å². The molecule has 0 radical (unpaired) electrons. The van der Waals surface area contributed by atoms with E-state index in [4.69, 9.17) is 9.84 Å². The Morgan fingerprint density at radius 1 is 1.28 bits per heavy atom. The molecule has 0 bridgehead atoms. The van der Waals surface area contributed by atoms with E-state index in [2.05, 4.69) is 10.2 Å². The summed E-state index contributed by atoms with van der Waals surface area (Å²) in [7, 11) is 0. The van der Waals surface area contributed by atoms with Crippen molar-refractivity contribution in [1.82, 2.24) is 10.2 Å². The summed E-state index contributed by atoms with van der Waals surface area (Å²) in [5.41, 5.74) is 2.46. The number of aliphatic hydroxyl groups is 1. The Bertz CT molecular complexity index is 979. The highest BCUT2D eigenvalue weighted by molar-refractivity contribution is 6.02. The van der Waals surface area contributed by atoms with Crippen molar-refractivity contribution in [2.45, 2.75) is 6.54 Å². The van der Waals surface area contributed by atoms with Crippen LogP contribution in [0.3, 0.4) is 0 Å². The number of benzene rings is 2. The molecule has 7 heteroatoms. The van der Waals surface area contributed by atoms with Crippen LogP contribution in [0.5, 0.6) is 5.75 Å². The second-order valence-corrected chi connectivity index (χ2v) is 5.75. The molecule has 2 aromatic carbocycles. The molecule has 25 heavy (non-hydrogen) atoms. The minimum absolute atomic E-state index is 0.0631. The van der Waals surface area contributed by atoms with Gasteiger partial charge < -0.3 is 9.84 Å².